The number of hydrogen-bond acceptors (Lipinski definition) is 4. The lowest BCUT2D eigenvalue weighted by Crippen LogP contribution is -2.18. The van der Waals surface area contributed by atoms with Gasteiger partial charge in [-0.25, -0.2) is 4.98 Å². The summed E-state index contributed by atoms with van der Waals surface area (Å²) in [4.78, 5) is 15.5. The Morgan fingerprint density at radius 2 is 1.82 bits per heavy atom. The molecule has 0 radical (unpaired) electrons. The fraction of sp³-hybridized carbons (Fsp3) is 0.375. The molecule has 0 aliphatic carbocycles. The van der Waals surface area contributed by atoms with Crippen molar-refractivity contribution in [3.8, 4) is 5.88 Å². The number of aromatic nitrogens is 2. The molecule has 0 amide bonds. The molecule has 0 saturated carbocycles. The summed E-state index contributed by atoms with van der Waals surface area (Å²) < 4.78 is 12.7. The van der Waals surface area contributed by atoms with Crippen LogP contribution in [-0.4, -0.2) is 34.8 Å². The number of hydrogen-bond donors (Lipinski definition) is 0. The lowest BCUT2D eigenvalue weighted by molar-refractivity contribution is 0.114. The predicted octanol–water partition coefficient (Wildman–Crippen LogP) is 1.29. The van der Waals surface area contributed by atoms with E-state index in [1.54, 1.807) is 29.1 Å². The van der Waals surface area contributed by atoms with Gasteiger partial charge in [0.05, 0.1) is 6.61 Å². The van der Waals surface area contributed by atoms with Crippen molar-refractivity contribution >= 4 is 0 Å². The van der Waals surface area contributed by atoms with E-state index in [4.69, 9.17) is 9.47 Å². The molecular weight excluding hydrogens is 284 g/mol. The molecule has 0 fully saturated rings. The van der Waals surface area contributed by atoms with Crippen molar-refractivity contribution in [2.75, 3.05) is 19.8 Å². The second-order valence-corrected chi connectivity index (χ2v) is 4.57. The Kier molecular flexibility index (Phi) is 8.56. The lowest BCUT2D eigenvalue weighted by Gasteiger charge is -2.07. The highest BCUT2D eigenvalue weighted by atomic mass is 16.5. The monoisotopic (exact) mass is 306 g/mol. The summed E-state index contributed by atoms with van der Waals surface area (Å²) in [6.07, 6.45) is 5.15. The number of nitrogens with zero attached hydrogens (tertiary/aromatic N) is 2. The maximum Gasteiger partial charge on any atom is 0.250 e. The molecule has 6 nitrogen and oxygen atoms in total. The maximum atomic E-state index is 11.5. The van der Waals surface area contributed by atoms with Gasteiger partial charge in [-0.3, -0.25) is 4.79 Å². The Balaban J connectivity index is 0.00000242. The third kappa shape index (κ3) is 6.51. The zero-order valence-electron chi connectivity index (χ0n) is 12.5. The van der Waals surface area contributed by atoms with E-state index in [0.717, 1.165) is 12.8 Å². The van der Waals surface area contributed by atoms with Crippen molar-refractivity contribution in [1.82, 2.24) is 9.55 Å². The molecule has 0 aliphatic heterocycles. The van der Waals surface area contributed by atoms with E-state index < -0.39 is 0 Å². The van der Waals surface area contributed by atoms with Crippen molar-refractivity contribution < 1.29 is 14.9 Å². The van der Waals surface area contributed by atoms with Gasteiger partial charge in [-0.15, -0.1) is 0 Å². The molecule has 2 aromatic heterocycles. The first kappa shape index (κ1) is 17.9. The van der Waals surface area contributed by atoms with Crippen LogP contribution in [0.2, 0.25) is 0 Å². The van der Waals surface area contributed by atoms with Crippen LogP contribution < -0.4 is 10.3 Å². The second kappa shape index (κ2) is 10.5. The van der Waals surface area contributed by atoms with E-state index in [0.29, 0.717) is 32.2 Å². The molecule has 0 atom stereocenters. The van der Waals surface area contributed by atoms with E-state index in [2.05, 4.69) is 4.98 Å². The fourth-order valence-corrected chi connectivity index (χ4v) is 1.85. The van der Waals surface area contributed by atoms with Crippen molar-refractivity contribution in [3.63, 3.8) is 0 Å². The van der Waals surface area contributed by atoms with Gasteiger partial charge in [0.2, 0.25) is 11.4 Å². The van der Waals surface area contributed by atoms with Crippen LogP contribution in [-0.2, 0) is 11.3 Å². The Hall–Kier alpha value is -2.18. The Morgan fingerprint density at radius 1 is 1.00 bits per heavy atom. The van der Waals surface area contributed by atoms with Crippen LogP contribution in [0.3, 0.4) is 0 Å². The zero-order valence-corrected chi connectivity index (χ0v) is 12.5. The highest BCUT2D eigenvalue weighted by Crippen LogP contribution is 2.03. The third-order valence-electron chi connectivity index (χ3n) is 2.91. The van der Waals surface area contributed by atoms with Gasteiger partial charge in [0, 0.05) is 50.7 Å². The minimum Gasteiger partial charge on any atom is -0.478 e. The summed E-state index contributed by atoms with van der Waals surface area (Å²) in [6, 6.07) is 10.8. The van der Waals surface area contributed by atoms with Crippen molar-refractivity contribution in [2.45, 2.75) is 19.4 Å². The van der Waals surface area contributed by atoms with Gasteiger partial charge in [-0.2, -0.15) is 0 Å². The van der Waals surface area contributed by atoms with Gasteiger partial charge in [-0.1, -0.05) is 12.1 Å². The van der Waals surface area contributed by atoms with Crippen LogP contribution in [0.4, 0.5) is 0 Å². The normalized spacial score (nSPS) is 10.0. The average molecular weight is 306 g/mol. The minimum absolute atomic E-state index is 0. The Morgan fingerprint density at radius 3 is 2.59 bits per heavy atom. The van der Waals surface area contributed by atoms with Crippen molar-refractivity contribution in [1.29, 1.82) is 0 Å². The molecule has 2 heterocycles. The summed E-state index contributed by atoms with van der Waals surface area (Å²) in [5.74, 6) is 0.640. The standard InChI is InChI=1S/C16H20N2O3.H2O/c19-16-8-2-4-10-18(16)11-5-12-20-13-6-14-21-15-7-1-3-9-17-15;/h1-4,7-10H,5-6,11-14H2;1H2. The minimum atomic E-state index is 0. The molecule has 0 bridgehead atoms. The number of rotatable bonds is 9. The van der Waals surface area contributed by atoms with Crippen LogP contribution in [0.1, 0.15) is 12.8 Å². The molecule has 0 aromatic carbocycles. The van der Waals surface area contributed by atoms with Gasteiger partial charge < -0.3 is 19.5 Å². The summed E-state index contributed by atoms with van der Waals surface area (Å²) >= 11 is 0. The third-order valence-corrected chi connectivity index (χ3v) is 2.91. The molecule has 0 spiro atoms. The predicted molar refractivity (Wildman–Crippen MR) is 84.1 cm³/mol. The SMILES string of the molecule is O.O=c1ccccn1CCCOCCCOc1ccccn1. The molecule has 2 aromatic rings. The number of pyridine rings is 2. The molecule has 2 rings (SSSR count). The molecule has 6 heteroatoms. The molecule has 0 unspecified atom stereocenters. The highest BCUT2D eigenvalue weighted by molar-refractivity contribution is 5.08. The second-order valence-electron chi connectivity index (χ2n) is 4.57. The van der Waals surface area contributed by atoms with Crippen LogP contribution in [0.5, 0.6) is 5.88 Å². The van der Waals surface area contributed by atoms with E-state index in [9.17, 15) is 4.79 Å². The van der Waals surface area contributed by atoms with Crippen LogP contribution in [0.25, 0.3) is 0 Å². The molecule has 22 heavy (non-hydrogen) atoms. The largest absolute Gasteiger partial charge is 0.478 e. The van der Waals surface area contributed by atoms with Gasteiger partial charge in [0.15, 0.2) is 0 Å². The van der Waals surface area contributed by atoms with Crippen molar-refractivity contribution in [3.05, 3.63) is 59.1 Å². The van der Waals surface area contributed by atoms with Crippen LogP contribution in [0.15, 0.2) is 53.6 Å². The molecule has 2 N–H and O–H groups in total. The first-order valence-electron chi connectivity index (χ1n) is 7.13. The van der Waals surface area contributed by atoms with Gasteiger partial charge >= 0.3 is 0 Å². The zero-order chi connectivity index (χ0) is 14.8. The van der Waals surface area contributed by atoms with E-state index in [-0.39, 0.29) is 11.0 Å². The summed E-state index contributed by atoms with van der Waals surface area (Å²) in [6.45, 7) is 2.57. The molecule has 0 saturated heterocycles. The van der Waals surface area contributed by atoms with Gasteiger partial charge in [-0.05, 0) is 18.6 Å². The van der Waals surface area contributed by atoms with Crippen LogP contribution in [0, 0.1) is 0 Å². The van der Waals surface area contributed by atoms with E-state index in [1.165, 1.54) is 0 Å². The van der Waals surface area contributed by atoms with Crippen LogP contribution >= 0.6 is 0 Å². The highest BCUT2D eigenvalue weighted by Gasteiger charge is 1.96. The van der Waals surface area contributed by atoms with E-state index >= 15 is 0 Å². The lowest BCUT2D eigenvalue weighted by atomic mass is 10.4. The van der Waals surface area contributed by atoms with Gasteiger partial charge in [0.1, 0.15) is 0 Å². The van der Waals surface area contributed by atoms with Gasteiger partial charge in [0.25, 0.3) is 0 Å². The number of ether oxygens (including phenoxy) is 2. The molecule has 0 aliphatic rings. The topological polar surface area (TPSA) is 84.9 Å². The molecule has 120 valence electrons. The molecular formula is C16H22N2O4. The quantitative estimate of drug-likeness (QED) is 0.653. The maximum absolute atomic E-state index is 11.5. The van der Waals surface area contributed by atoms with E-state index in [1.807, 2.05) is 24.3 Å². The first-order chi connectivity index (χ1) is 10.4. The summed E-state index contributed by atoms with van der Waals surface area (Å²) in [5, 5.41) is 0. The average Bonchev–Trinajstić information content (AvgIpc) is 2.52. The summed E-state index contributed by atoms with van der Waals surface area (Å²) in [7, 11) is 0. The Bertz CT molecular complexity index is 572. The smallest absolute Gasteiger partial charge is 0.250 e. The van der Waals surface area contributed by atoms with Crippen molar-refractivity contribution in [2.24, 2.45) is 0 Å². The first-order valence-corrected chi connectivity index (χ1v) is 7.13. The fourth-order valence-electron chi connectivity index (χ4n) is 1.85. The number of aryl methyl sites for hydroxylation is 1. The summed E-state index contributed by atoms with van der Waals surface area (Å²) in [5.41, 5.74) is 0.0289. The Labute approximate surface area is 129 Å².